The van der Waals surface area contributed by atoms with Crippen molar-refractivity contribution in [1.29, 1.82) is 0 Å². The monoisotopic (exact) mass is 533 g/mol. The van der Waals surface area contributed by atoms with Gasteiger partial charge in [-0.05, 0) is 57.2 Å². The molecule has 2 aliphatic rings. The number of benzene rings is 1. The van der Waals surface area contributed by atoms with E-state index in [4.69, 9.17) is 16.2 Å². The second kappa shape index (κ2) is 12.1. The molecule has 3 rings (SSSR count). The maximum Gasteiger partial charge on any atom is 0.247 e. The Bertz CT molecular complexity index is 1030. The number of likely N-dealkylation sites (tertiary alicyclic amines) is 2. The van der Waals surface area contributed by atoms with Gasteiger partial charge in [-0.15, -0.1) is 0 Å². The Morgan fingerprint density at radius 2 is 1.76 bits per heavy atom. The lowest BCUT2D eigenvalue weighted by molar-refractivity contribution is -0.152. The summed E-state index contributed by atoms with van der Waals surface area (Å²) in [6.45, 7) is 3.33. The second-order valence-electron chi connectivity index (χ2n) is 10.2. The highest BCUT2D eigenvalue weighted by Gasteiger charge is 2.53. The summed E-state index contributed by atoms with van der Waals surface area (Å²) in [5, 5.41) is 22.5. The first-order valence-electron chi connectivity index (χ1n) is 12.9. The summed E-state index contributed by atoms with van der Waals surface area (Å²) in [6, 6.07) is 3.73. The summed E-state index contributed by atoms with van der Waals surface area (Å²) in [5.41, 5.74) is 10.7. The lowest BCUT2D eigenvalue weighted by Crippen LogP contribution is -2.65. The fraction of sp³-hybridized carbons (Fsp3) is 0.615. The number of hydrogen-bond donors (Lipinski definition) is 5. The van der Waals surface area contributed by atoms with Crippen LogP contribution in [-0.2, 0) is 25.6 Å². The molecule has 2 fully saturated rings. The van der Waals surface area contributed by atoms with Crippen molar-refractivity contribution in [3.63, 3.8) is 0 Å². The largest absolute Gasteiger partial charge is 0.497 e. The first-order chi connectivity index (χ1) is 17.9. The second-order valence-corrected chi connectivity index (χ2v) is 10.2. The zero-order chi connectivity index (χ0) is 28.2. The fourth-order valence-electron chi connectivity index (χ4n) is 5.35. The van der Waals surface area contributed by atoms with E-state index in [0.717, 1.165) is 5.56 Å². The summed E-state index contributed by atoms with van der Waals surface area (Å²) in [6.07, 6.45) is -0.415. The Balaban J connectivity index is 1.98. The Morgan fingerprint density at radius 1 is 1.11 bits per heavy atom. The molecule has 1 aromatic carbocycles. The molecule has 2 saturated heterocycles. The van der Waals surface area contributed by atoms with E-state index in [9.17, 15) is 29.4 Å². The Hall–Kier alpha value is -3.22. The number of aliphatic hydroxyl groups is 2. The van der Waals surface area contributed by atoms with Crippen molar-refractivity contribution in [2.24, 2.45) is 11.5 Å². The van der Waals surface area contributed by atoms with Crippen LogP contribution in [0.3, 0.4) is 0 Å². The van der Waals surface area contributed by atoms with E-state index in [0.29, 0.717) is 38.0 Å². The normalized spacial score (nSPS) is 24.4. The van der Waals surface area contributed by atoms with Gasteiger partial charge in [0.1, 0.15) is 29.4 Å². The molecule has 2 aliphatic heterocycles. The van der Waals surface area contributed by atoms with Crippen molar-refractivity contribution in [2.75, 3.05) is 20.2 Å². The van der Waals surface area contributed by atoms with Crippen molar-refractivity contribution in [3.8, 4) is 5.75 Å². The van der Waals surface area contributed by atoms with Gasteiger partial charge in [-0.25, -0.2) is 0 Å². The van der Waals surface area contributed by atoms with Crippen LogP contribution in [0.25, 0.3) is 0 Å². The summed E-state index contributed by atoms with van der Waals surface area (Å²) in [5.74, 6) is -1.81. The van der Waals surface area contributed by atoms with Crippen molar-refractivity contribution >= 4 is 23.6 Å². The number of primary amides is 1. The van der Waals surface area contributed by atoms with Crippen LogP contribution in [0.2, 0.25) is 0 Å². The zero-order valence-electron chi connectivity index (χ0n) is 22.1. The molecule has 6 atom stereocenters. The third-order valence-corrected chi connectivity index (χ3v) is 7.53. The molecule has 210 valence electrons. The first-order valence-corrected chi connectivity index (χ1v) is 12.9. The fourth-order valence-corrected chi connectivity index (χ4v) is 5.35. The lowest BCUT2D eigenvalue weighted by Gasteiger charge is -2.41. The van der Waals surface area contributed by atoms with Crippen LogP contribution in [0.1, 0.15) is 45.1 Å². The summed E-state index contributed by atoms with van der Waals surface area (Å²) in [4.78, 5) is 55.7. The number of hydrogen-bond acceptors (Lipinski definition) is 8. The number of nitrogens with zero attached hydrogens (tertiary/aromatic N) is 2. The SMILES string of the molecule is COc1ccc(C[C@]2(C(=O)N[C@H](C(N)=O)[C@@H](C)O)CCCN2C(=O)[C@@H]2CCCN2C(=O)[C@@H](N)[C@@H](C)O)cc1. The number of nitrogens with one attached hydrogen (secondary N) is 1. The van der Waals surface area contributed by atoms with Gasteiger partial charge in [0.15, 0.2) is 0 Å². The molecule has 0 aromatic heterocycles. The summed E-state index contributed by atoms with van der Waals surface area (Å²) in [7, 11) is 1.54. The third kappa shape index (κ3) is 5.92. The van der Waals surface area contributed by atoms with Crippen molar-refractivity contribution in [1.82, 2.24) is 15.1 Å². The van der Waals surface area contributed by atoms with E-state index < -0.39 is 59.5 Å². The predicted octanol–water partition coefficient (Wildman–Crippen LogP) is -1.35. The molecule has 1 aromatic rings. The van der Waals surface area contributed by atoms with Crippen LogP contribution in [0.5, 0.6) is 5.75 Å². The lowest BCUT2D eigenvalue weighted by atomic mass is 9.86. The minimum Gasteiger partial charge on any atom is -0.497 e. The maximum atomic E-state index is 14.0. The summed E-state index contributed by atoms with van der Waals surface area (Å²) >= 11 is 0. The van der Waals surface area contributed by atoms with Crippen LogP contribution < -0.4 is 21.5 Å². The van der Waals surface area contributed by atoms with Gasteiger partial charge in [-0.3, -0.25) is 19.2 Å². The summed E-state index contributed by atoms with van der Waals surface area (Å²) < 4.78 is 5.23. The zero-order valence-corrected chi connectivity index (χ0v) is 22.1. The maximum absolute atomic E-state index is 14.0. The minimum atomic E-state index is -1.39. The van der Waals surface area contributed by atoms with Crippen molar-refractivity contribution < 1.29 is 34.1 Å². The van der Waals surface area contributed by atoms with E-state index in [1.807, 2.05) is 0 Å². The van der Waals surface area contributed by atoms with Gasteiger partial charge in [0.2, 0.25) is 23.6 Å². The number of rotatable bonds is 10. The number of aliphatic hydroxyl groups excluding tert-OH is 2. The average Bonchev–Trinajstić information content (AvgIpc) is 3.54. The molecule has 2 heterocycles. The molecule has 12 heteroatoms. The standard InChI is InChI=1S/C26H39N5O7/c1-15(32)20(27)24(36)30-12-4-6-19(30)23(35)31-13-5-11-26(31,14-17-7-9-18(38-3)10-8-17)25(37)29-21(16(2)33)22(28)34/h7-10,15-16,19-21,32-33H,4-6,11-14,27H2,1-3H3,(H2,28,34)(H,29,37)/t15-,16-,19+,20+,21+,26+/m1/s1. The third-order valence-electron chi connectivity index (χ3n) is 7.53. The Morgan fingerprint density at radius 3 is 2.32 bits per heavy atom. The van der Waals surface area contributed by atoms with Gasteiger partial charge in [-0.1, -0.05) is 12.1 Å². The van der Waals surface area contributed by atoms with Gasteiger partial charge in [0.25, 0.3) is 0 Å². The highest BCUT2D eigenvalue weighted by molar-refractivity contribution is 5.98. The Kier molecular flexibility index (Phi) is 9.34. The molecule has 38 heavy (non-hydrogen) atoms. The molecule has 0 saturated carbocycles. The van der Waals surface area contributed by atoms with Crippen LogP contribution in [0.15, 0.2) is 24.3 Å². The molecule has 4 amide bonds. The molecule has 12 nitrogen and oxygen atoms in total. The molecule has 0 unspecified atom stereocenters. The van der Waals surface area contributed by atoms with E-state index in [1.54, 1.807) is 31.4 Å². The molecular formula is C26H39N5O7. The van der Waals surface area contributed by atoms with Crippen LogP contribution in [0, 0.1) is 0 Å². The minimum absolute atomic E-state index is 0.133. The van der Waals surface area contributed by atoms with E-state index >= 15 is 0 Å². The number of ether oxygens (including phenoxy) is 1. The number of amides is 4. The molecule has 0 bridgehead atoms. The highest BCUT2D eigenvalue weighted by Crippen LogP contribution is 2.36. The van der Waals surface area contributed by atoms with Gasteiger partial charge >= 0.3 is 0 Å². The quantitative estimate of drug-likeness (QED) is 0.244. The molecular weight excluding hydrogens is 494 g/mol. The van der Waals surface area contributed by atoms with Gasteiger partial charge in [-0.2, -0.15) is 0 Å². The highest BCUT2D eigenvalue weighted by atomic mass is 16.5. The number of carbonyl (C=O) groups excluding carboxylic acids is 4. The number of methoxy groups -OCH3 is 1. The molecule has 7 N–H and O–H groups in total. The van der Waals surface area contributed by atoms with Crippen LogP contribution in [-0.4, -0.2) is 99.7 Å². The van der Waals surface area contributed by atoms with Crippen molar-refractivity contribution in [2.45, 2.75) is 81.8 Å². The van der Waals surface area contributed by atoms with Gasteiger partial charge in [0.05, 0.1) is 19.3 Å². The van der Waals surface area contributed by atoms with Crippen molar-refractivity contribution in [3.05, 3.63) is 29.8 Å². The molecule has 0 spiro atoms. The average molecular weight is 534 g/mol. The Labute approximate surface area is 222 Å². The van der Waals surface area contributed by atoms with Gasteiger partial charge in [0, 0.05) is 19.5 Å². The van der Waals surface area contributed by atoms with Crippen LogP contribution >= 0.6 is 0 Å². The number of nitrogens with two attached hydrogens (primary N) is 2. The smallest absolute Gasteiger partial charge is 0.247 e. The molecule has 0 radical (unpaired) electrons. The molecule has 0 aliphatic carbocycles. The van der Waals surface area contributed by atoms with Gasteiger partial charge < -0.3 is 41.5 Å². The topological polar surface area (TPSA) is 189 Å². The van der Waals surface area contributed by atoms with E-state index in [1.165, 1.54) is 23.6 Å². The van der Waals surface area contributed by atoms with E-state index in [-0.39, 0.29) is 13.0 Å². The predicted molar refractivity (Wildman–Crippen MR) is 138 cm³/mol. The first kappa shape index (κ1) is 29.3. The van der Waals surface area contributed by atoms with E-state index in [2.05, 4.69) is 5.32 Å². The van der Waals surface area contributed by atoms with Crippen LogP contribution in [0.4, 0.5) is 0 Å². The number of carbonyl (C=O) groups is 4.